The van der Waals surface area contributed by atoms with Crippen LogP contribution in [0.2, 0.25) is 5.02 Å². The minimum atomic E-state index is -1.41. The Bertz CT molecular complexity index is 808. The van der Waals surface area contributed by atoms with Crippen LogP contribution in [0.25, 0.3) is 0 Å². The number of nitrogens with zero attached hydrogens (tertiary/aromatic N) is 1. The topological polar surface area (TPSA) is 73.8 Å². The predicted octanol–water partition coefficient (Wildman–Crippen LogP) is 5.07. The number of halogens is 2. The lowest BCUT2D eigenvalue weighted by atomic mass is 9.74. The zero-order chi connectivity index (χ0) is 25.3. The molecule has 1 heterocycles. The average Bonchev–Trinajstić information content (AvgIpc) is 3.36. The van der Waals surface area contributed by atoms with E-state index >= 15 is 4.39 Å². The summed E-state index contributed by atoms with van der Waals surface area (Å²) >= 11 is 6.09. The maximum Gasteiger partial charge on any atom is 0.317 e. The number of piperidine rings is 1. The van der Waals surface area contributed by atoms with Gasteiger partial charge in [-0.25, -0.2) is 9.18 Å². The first kappa shape index (κ1) is 28.2. The highest BCUT2D eigenvalue weighted by molar-refractivity contribution is 6.30. The Morgan fingerprint density at radius 2 is 2.06 bits per heavy atom. The molecule has 0 spiro atoms. The summed E-state index contributed by atoms with van der Waals surface area (Å²) in [4.78, 5) is 15.1. The fourth-order valence-electron chi connectivity index (χ4n) is 5.94. The number of likely N-dealkylation sites (tertiary alicyclic amines) is 1. The highest BCUT2D eigenvalue weighted by Crippen LogP contribution is 2.42. The van der Waals surface area contributed by atoms with Crippen molar-refractivity contribution in [2.45, 2.75) is 75.9 Å². The summed E-state index contributed by atoms with van der Waals surface area (Å²) in [5.41, 5.74) is -1.18. The molecule has 1 aromatic carbocycles. The number of carbonyl (C=O) groups excluding carboxylic acids is 1. The maximum absolute atomic E-state index is 15.1. The fourth-order valence-corrected chi connectivity index (χ4v) is 6.12. The first-order valence-electron chi connectivity index (χ1n) is 13.2. The molecule has 0 radical (unpaired) electrons. The van der Waals surface area contributed by atoms with Crippen molar-refractivity contribution in [1.29, 1.82) is 0 Å². The lowest BCUT2D eigenvalue weighted by Crippen LogP contribution is -2.54. The van der Waals surface area contributed by atoms with Crippen LogP contribution in [0.5, 0.6) is 0 Å². The summed E-state index contributed by atoms with van der Waals surface area (Å²) in [5, 5.41) is 18.4. The number of hydrogen-bond donors (Lipinski definition) is 3. The smallest absolute Gasteiger partial charge is 0.317 e. The van der Waals surface area contributed by atoms with Crippen LogP contribution < -0.4 is 10.6 Å². The Balaban J connectivity index is 1.73. The number of rotatable bonds is 12. The molecular weight excluding hydrogens is 469 g/mol. The zero-order valence-electron chi connectivity index (χ0n) is 21.3. The Labute approximate surface area is 214 Å². The number of likely N-dealkylation sites (N-methyl/N-ethyl adjacent to an activating group) is 1. The van der Waals surface area contributed by atoms with E-state index in [9.17, 15) is 9.90 Å². The Hall–Kier alpha value is -1.41. The van der Waals surface area contributed by atoms with Crippen molar-refractivity contribution in [1.82, 2.24) is 15.5 Å². The minimum absolute atomic E-state index is 0.00467. The molecule has 198 valence electrons. The van der Waals surface area contributed by atoms with Crippen molar-refractivity contribution in [2.75, 3.05) is 40.4 Å². The number of hydrogen-bond acceptors (Lipinski definition) is 4. The van der Waals surface area contributed by atoms with Crippen LogP contribution in [-0.2, 0) is 10.3 Å². The number of amides is 2. The third-order valence-electron chi connectivity index (χ3n) is 7.83. The SMILES string of the molecule is CNCC(CC1CCCC1)NC(=O)N1CCCC(C(O)(CCCCOC)c2cccc(Cl)c2F)C1. The molecule has 1 aliphatic heterocycles. The number of urea groups is 1. The molecule has 0 aromatic heterocycles. The number of benzene rings is 1. The molecular formula is C27H43ClFN3O3. The molecule has 3 atom stereocenters. The molecule has 1 saturated carbocycles. The number of aliphatic hydroxyl groups is 1. The van der Waals surface area contributed by atoms with Crippen LogP contribution in [0.4, 0.5) is 9.18 Å². The number of carbonyl (C=O) groups is 1. The molecule has 8 heteroatoms. The van der Waals surface area contributed by atoms with E-state index in [1.165, 1.54) is 31.7 Å². The Morgan fingerprint density at radius 1 is 1.29 bits per heavy atom. The standard InChI is InChI=1S/C27H43ClFN3O3/c1-30-18-22(17-20-9-3-4-10-20)31-26(33)32-15-8-11-21(19-32)27(34,14-5-6-16-35-2)23-12-7-13-24(28)25(23)29/h7,12-13,20-22,30,34H,3-6,8-11,14-19H2,1-2H3,(H,31,33). The molecule has 3 unspecified atom stereocenters. The molecule has 3 N–H and O–H groups in total. The average molecular weight is 512 g/mol. The zero-order valence-corrected chi connectivity index (χ0v) is 22.1. The van der Waals surface area contributed by atoms with Gasteiger partial charge in [-0.15, -0.1) is 0 Å². The van der Waals surface area contributed by atoms with Crippen molar-refractivity contribution >= 4 is 17.6 Å². The molecule has 0 bridgehead atoms. The molecule has 1 aromatic rings. The molecule has 1 saturated heterocycles. The Morgan fingerprint density at radius 3 is 2.77 bits per heavy atom. The van der Waals surface area contributed by atoms with Gasteiger partial charge in [-0.3, -0.25) is 0 Å². The van der Waals surface area contributed by atoms with E-state index in [0.717, 1.165) is 32.2 Å². The van der Waals surface area contributed by atoms with Gasteiger partial charge >= 0.3 is 6.03 Å². The molecule has 35 heavy (non-hydrogen) atoms. The van der Waals surface area contributed by atoms with Gasteiger partial charge in [0.15, 0.2) is 0 Å². The van der Waals surface area contributed by atoms with Crippen LogP contribution in [0.3, 0.4) is 0 Å². The molecule has 2 amide bonds. The van der Waals surface area contributed by atoms with Crippen LogP contribution in [0, 0.1) is 17.7 Å². The summed E-state index contributed by atoms with van der Waals surface area (Å²) in [6.45, 7) is 2.34. The predicted molar refractivity (Wildman–Crippen MR) is 138 cm³/mol. The van der Waals surface area contributed by atoms with E-state index in [2.05, 4.69) is 10.6 Å². The van der Waals surface area contributed by atoms with Gasteiger partial charge in [0.1, 0.15) is 5.82 Å². The summed E-state index contributed by atoms with van der Waals surface area (Å²) in [6, 6.07) is 4.79. The molecule has 2 fully saturated rings. The number of nitrogens with one attached hydrogen (secondary N) is 2. The first-order chi connectivity index (χ1) is 16.9. The summed E-state index contributed by atoms with van der Waals surface area (Å²) in [5.74, 6) is -0.184. The van der Waals surface area contributed by atoms with E-state index in [-0.39, 0.29) is 28.6 Å². The number of ether oxygens (including phenoxy) is 1. The third-order valence-corrected chi connectivity index (χ3v) is 8.12. The van der Waals surface area contributed by atoms with Crippen molar-refractivity contribution < 1.29 is 19.0 Å². The summed E-state index contributed by atoms with van der Waals surface area (Å²) in [7, 11) is 3.56. The molecule has 6 nitrogen and oxygen atoms in total. The quantitative estimate of drug-likeness (QED) is 0.342. The van der Waals surface area contributed by atoms with Gasteiger partial charge in [-0.1, -0.05) is 49.4 Å². The molecule has 3 rings (SSSR count). The van der Waals surface area contributed by atoms with E-state index < -0.39 is 11.4 Å². The van der Waals surface area contributed by atoms with E-state index in [0.29, 0.717) is 38.5 Å². The number of unbranched alkanes of at least 4 members (excludes halogenated alkanes) is 1. The van der Waals surface area contributed by atoms with E-state index in [1.54, 1.807) is 24.1 Å². The van der Waals surface area contributed by atoms with Crippen molar-refractivity contribution in [2.24, 2.45) is 11.8 Å². The minimum Gasteiger partial charge on any atom is -0.385 e. The molecule has 1 aliphatic carbocycles. The largest absolute Gasteiger partial charge is 0.385 e. The second-order valence-corrected chi connectivity index (χ2v) is 10.8. The van der Waals surface area contributed by atoms with E-state index in [1.807, 2.05) is 7.05 Å². The summed E-state index contributed by atoms with van der Waals surface area (Å²) in [6.07, 6.45) is 9.35. The first-order valence-corrected chi connectivity index (χ1v) is 13.6. The number of methoxy groups -OCH3 is 1. The third kappa shape index (κ3) is 7.54. The van der Waals surface area contributed by atoms with Gasteiger partial charge in [0, 0.05) is 50.9 Å². The monoisotopic (exact) mass is 511 g/mol. The van der Waals surface area contributed by atoms with Crippen LogP contribution in [0.1, 0.15) is 69.8 Å². The second-order valence-electron chi connectivity index (χ2n) is 10.4. The highest BCUT2D eigenvalue weighted by atomic mass is 35.5. The summed E-state index contributed by atoms with van der Waals surface area (Å²) < 4.78 is 20.3. The van der Waals surface area contributed by atoms with Gasteiger partial charge in [0.25, 0.3) is 0 Å². The van der Waals surface area contributed by atoms with E-state index in [4.69, 9.17) is 16.3 Å². The van der Waals surface area contributed by atoms with Gasteiger partial charge in [-0.05, 0) is 57.6 Å². The fraction of sp³-hybridized carbons (Fsp3) is 0.741. The lowest BCUT2D eigenvalue weighted by molar-refractivity contribution is -0.0587. The van der Waals surface area contributed by atoms with Gasteiger partial charge in [0.05, 0.1) is 10.6 Å². The Kier molecular flexibility index (Phi) is 11.1. The highest BCUT2D eigenvalue weighted by Gasteiger charge is 2.43. The van der Waals surface area contributed by atoms with Crippen molar-refractivity contribution in [3.63, 3.8) is 0 Å². The van der Waals surface area contributed by atoms with Gasteiger partial charge < -0.3 is 25.4 Å². The molecule has 2 aliphatic rings. The van der Waals surface area contributed by atoms with Crippen LogP contribution >= 0.6 is 11.6 Å². The van der Waals surface area contributed by atoms with Crippen LogP contribution in [-0.4, -0.2) is 62.5 Å². The van der Waals surface area contributed by atoms with Gasteiger partial charge in [-0.2, -0.15) is 0 Å². The van der Waals surface area contributed by atoms with Gasteiger partial charge in [0.2, 0.25) is 0 Å². The van der Waals surface area contributed by atoms with Crippen LogP contribution in [0.15, 0.2) is 18.2 Å². The van der Waals surface area contributed by atoms with Crippen molar-refractivity contribution in [3.8, 4) is 0 Å². The lowest BCUT2D eigenvalue weighted by Gasteiger charge is -2.43. The maximum atomic E-state index is 15.1. The van der Waals surface area contributed by atoms with Crippen molar-refractivity contribution in [3.05, 3.63) is 34.6 Å². The normalized spacial score (nSPS) is 21.6. The second kappa shape index (κ2) is 13.8.